The average molecular weight is 563 g/mol. The van der Waals surface area contributed by atoms with Crippen LogP contribution < -0.4 is 5.32 Å². The molecule has 2 aromatic carbocycles. The van der Waals surface area contributed by atoms with Crippen LogP contribution in [0.1, 0.15) is 51.7 Å². The summed E-state index contributed by atoms with van der Waals surface area (Å²) in [5.74, 6) is 0.00279. The van der Waals surface area contributed by atoms with Crippen LogP contribution in [0.3, 0.4) is 0 Å². The Morgan fingerprint density at radius 2 is 1.92 bits per heavy atom. The number of carbonyl (C=O) groups excluding carboxylic acids is 2. The van der Waals surface area contributed by atoms with Gasteiger partial charge in [0.1, 0.15) is 5.69 Å². The first-order valence-electron chi connectivity index (χ1n) is 13.5. The van der Waals surface area contributed by atoms with E-state index in [-0.39, 0.29) is 17.7 Å². The molecule has 6 nitrogen and oxygen atoms in total. The van der Waals surface area contributed by atoms with Gasteiger partial charge in [0, 0.05) is 71.4 Å². The zero-order valence-electron chi connectivity index (χ0n) is 22.5. The molecule has 1 saturated heterocycles. The molecule has 0 saturated carbocycles. The number of aromatic nitrogens is 1. The standard InChI is InChI=1S/C31H35ClN4O2S/c1-34(2)18-19-36-25-14-13-23(32)21-24(25)29(28(26-11-7-20-39-26)22-9-4-3-5-10-22)30(36)31(38)33-15-8-17-35-16-6-12-27(35)37/h3-5,7,9-11,13-14,20-21,28H,6,8,12,15-19H2,1-2H3,(H,33,38). The van der Waals surface area contributed by atoms with Crippen molar-refractivity contribution in [3.63, 3.8) is 0 Å². The highest BCUT2D eigenvalue weighted by molar-refractivity contribution is 7.10. The minimum atomic E-state index is -0.115. The Kier molecular flexibility index (Phi) is 8.70. The van der Waals surface area contributed by atoms with Crippen LogP contribution in [0.25, 0.3) is 10.9 Å². The van der Waals surface area contributed by atoms with Gasteiger partial charge in [0.05, 0.1) is 0 Å². The summed E-state index contributed by atoms with van der Waals surface area (Å²) in [4.78, 5) is 31.3. The van der Waals surface area contributed by atoms with Gasteiger partial charge < -0.3 is 19.7 Å². The van der Waals surface area contributed by atoms with Crippen molar-refractivity contribution in [3.8, 4) is 0 Å². The number of carbonyl (C=O) groups is 2. The molecule has 2 amide bonds. The van der Waals surface area contributed by atoms with E-state index in [2.05, 4.69) is 44.4 Å². The number of thiophene rings is 1. The molecule has 1 N–H and O–H groups in total. The number of hydrogen-bond acceptors (Lipinski definition) is 4. The first-order chi connectivity index (χ1) is 18.9. The van der Waals surface area contributed by atoms with E-state index in [1.54, 1.807) is 11.3 Å². The summed E-state index contributed by atoms with van der Waals surface area (Å²) in [6, 6.07) is 20.5. The summed E-state index contributed by atoms with van der Waals surface area (Å²) in [7, 11) is 4.09. The highest BCUT2D eigenvalue weighted by Crippen LogP contribution is 2.42. The molecule has 0 spiro atoms. The third kappa shape index (κ3) is 6.06. The van der Waals surface area contributed by atoms with Crippen molar-refractivity contribution in [3.05, 3.63) is 92.8 Å². The second kappa shape index (κ2) is 12.4. The van der Waals surface area contributed by atoms with E-state index in [4.69, 9.17) is 11.6 Å². The van der Waals surface area contributed by atoms with Gasteiger partial charge in [0.15, 0.2) is 0 Å². The lowest BCUT2D eigenvalue weighted by molar-refractivity contribution is -0.127. The fourth-order valence-corrected chi connectivity index (χ4v) is 6.53. The number of likely N-dealkylation sites (N-methyl/N-ethyl adjacent to an activating group) is 1. The van der Waals surface area contributed by atoms with Crippen molar-refractivity contribution >= 4 is 45.7 Å². The first kappa shape index (κ1) is 27.4. The van der Waals surface area contributed by atoms with Crippen LogP contribution in [0.4, 0.5) is 0 Å². The molecule has 4 aromatic rings. The van der Waals surface area contributed by atoms with Crippen LogP contribution in [0.5, 0.6) is 0 Å². The molecule has 39 heavy (non-hydrogen) atoms. The Morgan fingerprint density at radius 3 is 2.62 bits per heavy atom. The smallest absolute Gasteiger partial charge is 0.268 e. The van der Waals surface area contributed by atoms with E-state index in [1.165, 1.54) is 4.88 Å². The van der Waals surface area contributed by atoms with E-state index in [9.17, 15) is 9.59 Å². The quantitative estimate of drug-likeness (QED) is 0.234. The molecule has 8 heteroatoms. The Morgan fingerprint density at radius 1 is 1.10 bits per heavy atom. The van der Waals surface area contributed by atoms with Gasteiger partial charge in [-0.3, -0.25) is 9.59 Å². The minimum Gasteiger partial charge on any atom is -0.351 e. The van der Waals surface area contributed by atoms with Gasteiger partial charge in [-0.25, -0.2) is 0 Å². The lowest BCUT2D eigenvalue weighted by Crippen LogP contribution is -2.32. The minimum absolute atomic E-state index is 0.0960. The molecule has 0 radical (unpaired) electrons. The molecule has 2 aromatic heterocycles. The second-order valence-corrected chi connectivity index (χ2v) is 11.7. The SMILES string of the molecule is CN(C)CCn1c(C(=O)NCCCN2CCCC2=O)c(C(c2ccccc2)c2cccs2)c2cc(Cl)ccc21. The lowest BCUT2D eigenvalue weighted by Gasteiger charge is -2.20. The van der Waals surface area contributed by atoms with Crippen LogP contribution in [0.2, 0.25) is 5.02 Å². The third-order valence-electron chi connectivity index (χ3n) is 7.36. The molecule has 1 aliphatic rings. The average Bonchev–Trinajstić information content (AvgIpc) is 3.66. The van der Waals surface area contributed by atoms with Crippen molar-refractivity contribution in [2.24, 2.45) is 0 Å². The van der Waals surface area contributed by atoms with Gasteiger partial charge in [-0.05, 0) is 62.1 Å². The highest BCUT2D eigenvalue weighted by atomic mass is 35.5. The highest BCUT2D eigenvalue weighted by Gasteiger charge is 2.31. The summed E-state index contributed by atoms with van der Waals surface area (Å²) < 4.78 is 2.16. The summed E-state index contributed by atoms with van der Waals surface area (Å²) in [5, 5.41) is 6.92. The molecule has 204 valence electrons. The lowest BCUT2D eigenvalue weighted by atomic mass is 9.87. The number of nitrogens with one attached hydrogen (secondary N) is 1. The molecule has 1 aliphatic heterocycles. The van der Waals surface area contributed by atoms with Crippen LogP contribution in [0.15, 0.2) is 66.0 Å². The predicted octanol–water partition coefficient (Wildman–Crippen LogP) is 5.84. The van der Waals surface area contributed by atoms with Crippen LogP contribution in [-0.2, 0) is 11.3 Å². The van der Waals surface area contributed by atoms with Gasteiger partial charge in [-0.2, -0.15) is 0 Å². The van der Waals surface area contributed by atoms with Gasteiger partial charge in [0.25, 0.3) is 5.91 Å². The Balaban J connectivity index is 1.59. The number of fused-ring (bicyclic) bond motifs is 1. The molecule has 1 atom stereocenters. The molecule has 5 rings (SSSR count). The molecular weight excluding hydrogens is 528 g/mol. The molecule has 1 unspecified atom stereocenters. The number of benzene rings is 2. The van der Waals surface area contributed by atoms with Crippen LogP contribution >= 0.6 is 22.9 Å². The number of amides is 2. The topological polar surface area (TPSA) is 57.6 Å². The molecule has 0 aliphatic carbocycles. The van der Waals surface area contributed by atoms with Crippen LogP contribution in [0, 0.1) is 0 Å². The summed E-state index contributed by atoms with van der Waals surface area (Å²) >= 11 is 8.26. The van der Waals surface area contributed by atoms with Crippen molar-refractivity contribution in [1.82, 2.24) is 19.7 Å². The number of halogens is 1. The maximum absolute atomic E-state index is 14.1. The van der Waals surface area contributed by atoms with Crippen molar-refractivity contribution < 1.29 is 9.59 Å². The van der Waals surface area contributed by atoms with Crippen LogP contribution in [-0.4, -0.2) is 66.5 Å². The summed E-state index contributed by atoms with van der Waals surface area (Å²) in [6.45, 7) is 3.45. The van der Waals surface area contributed by atoms with Crippen molar-refractivity contribution in [1.29, 1.82) is 0 Å². The maximum Gasteiger partial charge on any atom is 0.268 e. The predicted molar refractivity (Wildman–Crippen MR) is 160 cm³/mol. The Labute approximate surface area is 239 Å². The van der Waals surface area contributed by atoms with Crippen molar-refractivity contribution in [2.45, 2.75) is 31.7 Å². The first-order valence-corrected chi connectivity index (χ1v) is 14.8. The zero-order valence-corrected chi connectivity index (χ0v) is 24.1. The normalized spacial score (nSPS) is 14.5. The van der Waals surface area contributed by atoms with E-state index in [0.717, 1.165) is 48.0 Å². The van der Waals surface area contributed by atoms with E-state index in [1.807, 2.05) is 55.4 Å². The molecular formula is C31H35ClN4O2S. The fraction of sp³-hybridized carbons (Fsp3) is 0.355. The molecule has 1 fully saturated rings. The molecule has 0 bridgehead atoms. The van der Waals surface area contributed by atoms with E-state index < -0.39 is 0 Å². The largest absolute Gasteiger partial charge is 0.351 e. The van der Waals surface area contributed by atoms with E-state index in [0.29, 0.717) is 36.8 Å². The molecule has 3 heterocycles. The van der Waals surface area contributed by atoms with Gasteiger partial charge in [-0.1, -0.05) is 48.0 Å². The van der Waals surface area contributed by atoms with E-state index >= 15 is 0 Å². The fourth-order valence-electron chi connectivity index (χ4n) is 5.49. The Bertz CT molecular complexity index is 1430. The number of likely N-dealkylation sites (tertiary alicyclic amines) is 1. The number of rotatable bonds is 11. The monoisotopic (exact) mass is 562 g/mol. The summed E-state index contributed by atoms with van der Waals surface area (Å²) in [6.07, 6.45) is 2.28. The third-order valence-corrected chi connectivity index (χ3v) is 8.53. The van der Waals surface area contributed by atoms with Gasteiger partial charge in [-0.15, -0.1) is 11.3 Å². The maximum atomic E-state index is 14.1. The zero-order chi connectivity index (χ0) is 27.4. The summed E-state index contributed by atoms with van der Waals surface area (Å²) in [5.41, 5.74) is 3.79. The van der Waals surface area contributed by atoms with Gasteiger partial charge in [0.2, 0.25) is 5.91 Å². The number of nitrogens with zero attached hydrogens (tertiary/aromatic N) is 3. The van der Waals surface area contributed by atoms with Crippen molar-refractivity contribution in [2.75, 3.05) is 40.3 Å². The number of hydrogen-bond donors (Lipinski definition) is 1. The van der Waals surface area contributed by atoms with Gasteiger partial charge >= 0.3 is 0 Å². The Hall–Kier alpha value is -3.13. The second-order valence-electron chi connectivity index (χ2n) is 10.3.